The van der Waals surface area contributed by atoms with E-state index in [2.05, 4.69) is 19.9 Å². The van der Waals surface area contributed by atoms with E-state index in [4.69, 9.17) is 4.74 Å². The summed E-state index contributed by atoms with van der Waals surface area (Å²) < 4.78 is 5.08. The normalized spacial score (nSPS) is 11.0. The molecule has 0 saturated heterocycles. The third-order valence-electron chi connectivity index (χ3n) is 3.17. The predicted octanol–water partition coefficient (Wildman–Crippen LogP) is 4.50. The largest absolute Gasteiger partial charge is 0.461 e. The van der Waals surface area contributed by atoms with Crippen LogP contribution in [0.15, 0.2) is 53.6 Å². The highest BCUT2D eigenvalue weighted by atomic mass is 16.5. The number of allylic oxidation sites excluding steroid dienone is 3. The van der Waals surface area contributed by atoms with Crippen LogP contribution in [0.1, 0.15) is 50.4 Å². The van der Waals surface area contributed by atoms with E-state index in [0.29, 0.717) is 5.56 Å². The number of benzene rings is 1. The summed E-state index contributed by atoms with van der Waals surface area (Å²) in [5.74, 6) is -0.697. The van der Waals surface area contributed by atoms with Crippen LogP contribution in [0.4, 0.5) is 0 Å². The van der Waals surface area contributed by atoms with Gasteiger partial charge in [0.05, 0.1) is 0 Å². The summed E-state index contributed by atoms with van der Waals surface area (Å²) in [6.07, 6.45) is 5.80. The molecule has 0 bridgehead atoms. The van der Waals surface area contributed by atoms with Crippen LogP contribution < -0.4 is 0 Å². The fraction of sp³-hybridized carbons (Fsp3) is 0.368. The summed E-state index contributed by atoms with van der Waals surface area (Å²) in [5, 5.41) is 0. The summed E-state index contributed by atoms with van der Waals surface area (Å²) >= 11 is 0. The quantitative estimate of drug-likeness (QED) is 0.307. The Labute approximate surface area is 132 Å². The summed E-state index contributed by atoms with van der Waals surface area (Å²) in [6, 6.07) is 8.78. The van der Waals surface area contributed by atoms with Gasteiger partial charge >= 0.3 is 5.97 Å². The molecule has 0 N–H and O–H groups in total. The maximum atomic E-state index is 11.8. The molecule has 0 unspecified atom stereocenters. The van der Waals surface area contributed by atoms with Crippen molar-refractivity contribution in [1.29, 1.82) is 0 Å². The van der Waals surface area contributed by atoms with E-state index in [1.807, 2.05) is 19.1 Å². The Kier molecular flexibility index (Phi) is 7.90. The van der Waals surface area contributed by atoms with Gasteiger partial charge in [-0.1, -0.05) is 47.6 Å². The maximum Gasteiger partial charge on any atom is 0.314 e. The lowest BCUT2D eigenvalue weighted by atomic mass is 10.1. The molecule has 0 amide bonds. The van der Waals surface area contributed by atoms with Gasteiger partial charge in [-0.15, -0.1) is 0 Å². The smallest absolute Gasteiger partial charge is 0.314 e. The van der Waals surface area contributed by atoms with Crippen LogP contribution in [-0.2, 0) is 9.53 Å². The maximum absolute atomic E-state index is 11.8. The molecular formula is C19H24O3. The number of ether oxygens (including phenoxy) is 1. The second kappa shape index (κ2) is 9.72. The summed E-state index contributed by atoms with van der Waals surface area (Å²) in [5.41, 5.74) is 3.02. The molecule has 0 aromatic heterocycles. The van der Waals surface area contributed by atoms with Gasteiger partial charge in [0.25, 0.3) is 0 Å². The van der Waals surface area contributed by atoms with Crippen molar-refractivity contribution in [2.45, 2.75) is 40.0 Å². The van der Waals surface area contributed by atoms with Gasteiger partial charge in [0, 0.05) is 5.56 Å². The molecule has 22 heavy (non-hydrogen) atoms. The lowest BCUT2D eigenvalue weighted by Gasteiger charge is -2.03. The molecule has 0 saturated carbocycles. The number of hydrogen-bond acceptors (Lipinski definition) is 3. The minimum absolute atomic E-state index is 0.213. The summed E-state index contributed by atoms with van der Waals surface area (Å²) in [6.45, 7) is 6.39. The fourth-order valence-electron chi connectivity index (χ4n) is 1.88. The van der Waals surface area contributed by atoms with E-state index in [1.165, 1.54) is 11.1 Å². The van der Waals surface area contributed by atoms with E-state index in [0.717, 1.165) is 12.8 Å². The Bertz CT molecular complexity index is 549. The lowest BCUT2D eigenvalue weighted by molar-refractivity contribution is -0.141. The molecule has 0 atom stereocenters. The van der Waals surface area contributed by atoms with Gasteiger partial charge in [-0.3, -0.25) is 9.59 Å². The SMILES string of the molecule is CC(C)=CCC/C(C)=C/COC(=O)CC(=O)c1ccccc1. The minimum atomic E-state index is -0.484. The van der Waals surface area contributed by atoms with Crippen molar-refractivity contribution in [2.24, 2.45) is 0 Å². The van der Waals surface area contributed by atoms with Crippen LogP contribution in [0.3, 0.4) is 0 Å². The lowest BCUT2D eigenvalue weighted by Crippen LogP contribution is -2.11. The van der Waals surface area contributed by atoms with Crippen LogP contribution >= 0.6 is 0 Å². The molecule has 1 rings (SSSR count). The van der Waals surface area contributed by atoms with E-state index in [-0.39, 0.29) is 18.8 Å². The first kappa shape index (κ1) is 17.9. The van der Waals surface area contributed by atoms with Gasteiger partial charge in [-0.25, -0.2) is 0 Å². The number of esters is 1. The molecule has 0 aliphatic heterocycles. The molecule has 0 radical (unpaired) electrons. The van der Waals surface area contributed by atoms with Crippen molar-refractivity contribution in [3.05, 3.63) is 59.2 Å². The molecule has 0 aliphatic rings. The average Bonchev–Trinajstić information content (AvgIpc) is 2.47. The Balaban J connectivity index is 2.31. The Hall–Kier alpha value is -2.16. The molecule has 0 fully saturated rings. The molecule has 1 aromatic carbocycles. The highest BCUT2D eigenvalue weighted by Crippen LogP contribution is 2.07. The zero-order chi connectivity index (χ0) is 16.4. The number of carbonyl (C=O) groups is 2. The highest BCUT2D eigenvalue weighted by Gasteiger charge is 2.11. The standard InChI is InChI=1S/C19H24O3/c1-15(2)8-7-9-16(3)12-13-22-19(21)14-18(20)17-10-5-4-6-11-17/h4-6,8,10-12H,7,9,13-14H2,1-3H3/b16-12+. The van der Waals surface area contributed by atoms with Crippen molar-refractivity contribution >= 4 is 11.8 Å². The first-order chi connectivity index (χ1) is 10.5. The van der Waals surface area contributed by atoms with Crippen LogP contribution in [0.25, 0.3) is 0 Å². The second-order valence-electron chi connectivity index (χ2n) is 5.52. The molecular weight excluding hydrogens is 276 g/mol. The topological polar surface area (TPSA) is 43.4 Å². The van der Waals surface area contributed by atoms with Crippen molar-refractivity contribution < 1.29 is 14.3 Å². The third-order valence-corrected chi connectivity index (χ3v) is 3.17. The molecule has 3 heteroatoms. The summed E-state index contributed by atoms with van der Waals surface area (Å²) in [7, 11) is 0. The Morgan fingerprint density at radius 2 is 1.73 bits per heavy atom. The van der Waals surface area contributed by atoms with Gasteiger partial charge in [-0.05, 0) is 39.7 Å². The van der Waals surface area contributed by atoms with E-state index in [9.17, 15) is 9.59 Å². The number of rotatable bonds is 8. The van der Waals surface area contributed by atoms with Gasteiger partial charge < -0.3 is 4.74 Å². The van der Waals surface area contributed by atoms with Gasteiger partial charge in [0.2, 0.25) is 0 Å². The van der Waals surface area contributed by atoms with Crippen LogP contribution in [0.2, 0.25) is 0 Å². The van der Waals surface area contributed by atoms with Crippen LogP contribution in [0.5, 0.6) is 0 Å². The van der Waals surface area contributed by atoms with E-state index < -0.39 is 5.97 Å². The Morgan fingerprint density at radius 3 is 2.36 bits per heavy atom. The van der Waals surface area contributed by atoms with Gasteiger partial charge in [-0.2, -0.15) is 0 Å². The number of hydrogen-bond donors (Lipinski definition) is 0. The molecule has 1 aromatic rings. The monoisotopic (exact) mass is 300 g/mol. The molecule has 118 valence electrons. The first-order valence-electron chi connectivity index (χ1n) is 7.52. The number of Topliss-reactive ketones (excluding diaryl/α,β-unsaturated/α-hetero) is 1. The molecule has 3 nitrogen and oxygen atoms in total. The second-order valence-corrected chi connectivity index (χ2v) is 5.52. The predicted molar refractivity (Wildman–Crippen MR) is 88.8 cm³/mol. The van der Waals surface area contributed by atoms with E-state index in [1.54, 1.807) is 24.3 Å². The minimum Gasteiger partial charge on any atom is -0.461 e. The molecule has 0 spiro atoms. The van der Waals surface area contributed by atoms with Crippen molar-refractivity contribution in [1.82, 2.24) is 0 Å². The van der Waals surface area contributed by atoms with Crippen molar-refractivity contribution in [3.8, 4) is 0 Å². The van der Waals surface area contributed by atoms with E-state index >= 15 is 0 Å². The van der Waals surface area contributed by atoms with Crippen LogP contribution in [-0.4, -0.2) is 18.4 Å². The van der Waals surface area contributed by atoms with Gasteiger partial charge in [0.15, 0.2) is 5.78 Å². The summed E-state index contributed by atoms with van der Waals surface area (Å²) in [4.78, 5) is 23.5. The van der Waals surface area contributed by atoms with Gasteiger partial charge in [0.1, 0.15) is 13.0 Å². The molecule has 0 heterocycles. The zero-order valence-electron chi connectivity index (χ0n) is 13.6. The first-order valence-corrected chi connectivity index (χ1v) is 7.52. The number of carbonyl (C=O) groups excluding carboxylic acids is 2. The highest BCUT2D eigenvalue weighted by molar-refractivity contribution is 6.05. The van der Waals surface area contributed by atoms with Crippen molar-refractivity contribution in [2.75, 3.05) is 6.61 Å². The average molecular weight is 300 g/mol. The zero-order valence-corrected chi connectivity index (χ0v) is 13.6. The number of ketones is 1. The fourth-order valence-corrected chi connectivity index (χ4v) is 1.88. The van der Waals surface area contributed by atoms with Crippen LogP contribution in [0, 0.1) is 0 Å². The van der Waals surface area contributed by atoms with Crippen molar-refractivity contribution in [3.63, 3.8) is 0 Å². The third kappa shape index (κ3) is 7.58. The molecule has 0 aliphatic carbocycles. The Morgan fingerprint density at radius 1 is 1.05 bits per heavy atom.